The number of aromatic nitrogens is 1. The molecule has 3 nitrogen and oxygen atoms in total. The minimum Gasteiger partial charge on any atom is -0.302 e. The molecule has 0 spiro atoms. The van der Waals surface area contributed by atoms with Crippen molar-refractivity contribution in [2.45, 2.75) is 13.8 Å². The second-order valence-electron chi connectivity index (χ2n) is 2.61. The van der Waals surface area contributed by atoms with Gasteiger partial charge in [-0.2, -0.15) is 4.39 Å². The highest BCUT2D eigenvalue weighted by molar-refractivity contribution is 7.14. The number of halogens is 1. The van der Waals surface area contributed by atoms with E-state index in [1.807, 2.05) is 0 Å². The molecule has 66 valence electrons. The maximum absolute atomic E-state index is 12.4. The highest BCUT2D eigenvalue weighted by atomic mass is 32.1. The first-order valence-electron chi connectivity index (χ1n) is 3.52. The zero-order chi connectivity index (χ0) is 9.14. The predicted octanol–water partition coefficient (Wildman–Crippen LogP) is 1.88. The van der Waals surface area contributed by atoms with E-state index in [2.05, 4.69) is 10.3 Å². The predicted molar refractivity (Wildman–Crippen MR) is 45.5 cm³/mol. The monoisotopic (exact) mass is 188 g/mol. The maximum Gasteiger partial charge on any atom is 0.228 e. The zero-order valence-corrected chi connectivity index (χ0v) is 7.61. The van der Waals surface area contributed by atoms with Crippen LogP contribution in [0.2, 0.25) is 0 Å². The summed E-state index contributed by atoms with van der Waals surface area (Å²) in [6.45, 7) is 3.53. The summed E-state index contributed by atoms with van der Waals surface area (Å²) < 4.78 is 12.4. The summed E-state index contributed by atoms with van der Waals surface area (Å²) in [6.07, 6.45) is 1.08. The summed E-state index contributed by atoms with van der Waals surface area (Å²) in [5.74, 6) is -0.263. The normalized spacial score (nSPS) is 10.3. The van der Waals surface area contributed by atoms with Crippen molar-refractivity contribution in [3.8, 4) is 0 Å². The number of anilines is 1. The van der Waals surface area contributed by atoms with Gasteiger partial charge in [0, 0.05) is 5.92 Å². The van der Waals surface area contributed by atoms with Gasteiger partial charge in [0.2, 0.25) is 5.91 Å². The van der Waals surface area contributed by atoms with E-state index >= 15 is 0 Å². The van der Waals surface area contributed by atoms with Gasteiger partial charge in [0.1, 0.15) is 0 Å². The maximum atomic E-state index is 12.4. The molecule has 0 fully saturated rings. The van der Waals surface area contributed by atoms with Gasteiger partial charge in [-0.3, -0.25) is 4.79 Å². The van der Waals surface area contributed by atoms with Crippen molar-refractivity contribution in [3.63, 3.8) is 0 Å². The Bertz CT molecular complexity index is 285. The molecule has 5 heteroatoms. The molecule has 1 amide bonds. The fourth-order valence-corrected chi connectivity index (χ4v) is 1.11. The van der Waals surface area contributed by atoms with Gasteiger partial charge in [-0.05, 0) is 0 Å². The first kappa shape index (κ1) is 9.12. The van der Waals surface area contributed by atoms with Crippen LogP contribution in [0.15, 0.2) is 6.20 Å². The van der Waals surface area contributed by atoms with E-state index in [1.54, 1.807) is 13.8 Å². The van der Waals surface area contributed by atoms with E-state index in [4.69, 9.17) is 0 Å². The summed E-state index contributed by atoms with van der Waals surface area (Å²) in [5.41, 5.74) is 0. The lowest BCUT2D eigenvalue weighted by atomic mass is 10.2. The van der Waals surface area contributed by atoms with Crippen LogP contribution >= 0.6 is 11.3 Å². The van der Waals surface area contributed by atoms with Gasteiger partial charge < -0.3 is 5.32 Å². The molecule has 1 N–H and O–H groups in total. The Morgan fingerprint density at radius 2 is 2.42 bits per heavy atom. The first-order chi connectivity index (χ1) is 5.59. The van der Waals surface area contributed by atoms with Crippen molar-refractivity contribution in [2.24, 2.45) is 5.92 Å². The van der Waals surface area contributed by atoms with Gasteiger partial charge in [0.25, 0.3) is 0 Å². The second-order valence-corrected chi connectivity index (χ2v) is 3.59. The largest absolute Gasteiger partial charge is 0.302 e. The molecule has 0 saturated heterocycles. The number of amides is 1. The Kier molecular flexibility index (Phi) is 2.75. The standard InChI is InChI=1S/C7H9FN2OS/c1-4(2)6(11)10-7-9-3-5(8)12-7/h3-4H,1-2H3,(H,9,10,11). The van der Waals surface area contributed by atoms with Crippen LogP contribution in [0.25, 0.3) is 0 Å². The van der Waals surface area contributed by atoms with Gasteiger partial charge in [-0.1, -0.05) is 25.2 Å². The molecule has 1 aromatic rings. The topological polar surface area (TPSA) is 42.0 Å². The number of carbonyl (C=O) groups is 1. The molecule has 1 heterocycles. The Hall–Kier alpha value is -0.970. The molecule has 0 aliphatic rings. The van der Waals surface area contributed by atoms with Crippen LogP contribution in [0.4, 0.5) is 9.52 Å². The van der Waals surface area contributed by atoms with Crippen LogP contribution in [0.3, 0.4) is 0 Å². The van der Waals surface area contributed by atoms with Crippen LogP contribution in [-0.4, -0.2) is 10.9 Å². The molecular weight excluding hydrogens is 179 g/mol. The van der Waals surface area contributed by atoms with E-state index in [1.165, 1.54) is 0 Å². The summed E-state index contributed by atoms with van der Waals surface area (Å²) >= 11 is 0.824. The van der Waals surface area contributed by atoms with Crippen molar-refractivity contribution in [3.05, 3.63) is 11.3 Å². The van der Waals surface area contributed by atoms with Crippen molar-refractivity contribution < 1.29 is 9.18 Å². The Labute approximate surface area is 73.6 Å². The van der Waals surface area contributed by atoms with Crippen molar-refractivity contribution in [2.75, 3.05) is 5.32 Å². The Balaban J connectivity index is 2.58. The quantitative estimate of drug-likeness (QED) is 0.769. The number of hydrogen-bond acceptors (Lipinski definition) is 3. The van der Waals surface area contributed by atoms with Gasteiger partial charge in [0.15, 0.2) is 10.3 Å². The van der Waals surface area contributed by atoms with Crippen LogP contribution < -0.4 is 5.32 Å². The van der Waals surface area contributed by atoms with E-state index in [-0.39, 0.29) is 11.8 Å². The number of hydrogen-bond donors (Lipinski definition) is 1. The molecule has 0 atom stereocenters. The molecule has 1 rings (SSSR count). The molecule has 0 bridgehead atoms. The van der Waals surface area contributed by atoms with Gasteiger partial charge in [-0.15, -0.1) is 0 Å². The van der Waals surface area contributed by atoms with Crippen LogP contribution in [0.5, 0.6) is 0 Å². The molecule has 0 aromatic carbocycles. The van der Waals surface area contributed by atoms with Gasteiger partial charge in [0.05, 0.1) is 6.20 Å². The third kappa shape index (κ3) is 2.27. The minimum atomic E-state index is -0.394. The average Bonchev–Trinajstić information content (AvgIpc) is 2.35. The smallest absolute Gasteiger partial charge is 0.228 e. The van der Waals surface area contributed by atoms with Crippen molar-refractivity contribution in [1.29, 1.82) is 0 Å². The summed E-state index contributed by atoms with van der Waals surface area (Å²) in [7, 11) is 0. The highest BCUT2D eigenvalue weighted by Crippen LogP contribution is 2.16. The van der Waals surface area contributed by atoms with Gasteiger partial charge >= 0.3 is 0 Å². The highest BCUT2D eigenvalue weighted by Gasteiger charge is 2.09. The average molecular weight is 188 g/mol. The Morgan fingerprint density at radius 1 is 1.75 bits per heavy atom. The fraction of sp³-hybridized carbons (Fsp3) is 0.429. The summed E-state index contributed by atoms with van der Waals surface area (Å²) in [4.78, 5) is 14.7. The molecule has 0 radical (unpaired) electrons. The van der Waals surface area contributed by atoms with Crippen LogP contribution in [0, 0.1) is 11.0 Å². The van der Waals surface area contributed by atoms with Crippen molar-refractivity contribution >= 4 is 22.4 Å². The lowest BCUT2D eigenvalue weighted by Gasteiger charge is -2.02. The first-order valence-corrected chi connectivity index (χ1v) is 4.33. The molecule has 0 saturated carbocycles. The number of rotatable bonds is 2. The molecule has 12 heavy (non-hydrogen) atoms. The number of thiazole rings is 1. The van der Waals surface area contributed by atoms with Gasteiger partial charge in [-0.25, -0.2) is 4.98 Å². The third-order valence-corrected chi connectivity index (χ3v) is 1.93. The Morgan fingerprint density at radius 3 is 2.83 bits per heavy atom. The second kappa shape index (κ2) is 3.62. The molecule has 0 unspecified atom stereocenters. The number of carbonyl (C=O) groups excluding carboxylic acids is 1. The number of nitrogens with one attached hydrogen (secondary N) is 1. The van der Waals surface area contributed by atoms with Crippen LogP contribution in [-0.2, 0) is 4.79 Å². The fourth-order valence-electron chi connectivity index (χ4n) is 0.562. The van der Waals surface area contributed by atoms with Crippen LogP contribution in [0.1, 0.15) is 13.8 Å². The lowest BCUT2D eigenvalue weighted by Crippen LogP contribution is -2.17. The molecule has 0 aliphatic heterocycles. The van der Waals surface area contributed by atoms with E-state index < -0.39 is 5.13 Å². The molecule has 1 aromatic heterocycles. The van der Waals surface area contributed by atoms with Crippen molar-refractivity contribution in [1.82, 2.24) is 4.98 Å². The summed E-state index contributed by atoms with van der Waals surface area (Å²) in [5, 5.41) is 2.41. The van der Waals surface area contributed by atoms with E-state index in [0.717, 1.165) is 17.5 Å². The summed E-state index contributed by atoms with van der Waals surface area (Å²) in [6, 6.07) is 0. The molecular formula is C7H9FN2OS. The zero-order valence-electron chi connectivity index (χ0n) is 6.80. The number of nitrogens with zero attached hydrogens (tertiary/aromatic N) is 1. The minimum absolute atomic E-state index is 0.114. The SMILES string of the molecule is CC(C)C(=O)Nc1ncc(F)s1. The lowest BCUT2D eigenvalue weighted by molar-refractivity contribution is -0.118. The van der Waals surface area contributed by atoms with E-state index in [9.17, 15) is 9.18 Å². The molecule has 0 aliphatic carbocycles. The third-order valence-electron chi connectivity index (χ3n) is 1.23. The van der Waals surface area contributed by atoms with E-state index in [0.29, 0.717) is 5.13 Å².